The van der Waals surface area contributed by atoms with Crippen LogP contribution in [0.1, 0.15) is 39.2 Å². The molecule has 0 fully saturated rings. The Labute approximate surface area is 153 Å². The van der Waals surface area contributed by atoms with Crippen LogP contribution < -0.4 is 5.56 Å². The molecule has 0 aliphatic heterocycles. The molecule has 25 heavy (non-hydrogen) atoms. The minimum absolute atomic E-state index is 0.0929. The molecule has 0 bridgehead atoms. The average Bonchev–Trinajstić information content (AvgIpc) is 2.59. The summed E-state index contributed by atoms with van der Waals surface area (Å²) < 4.78 is 1.61. The number of thioether (sulfide) groups is 1. The van der Waals surface area contributed by atoms with Gasteiger partial charge >= 0.3 is 0 Å². The van der Waals surface area contributed by atoms with Crippen LogP contribution in [0.25, 0.3) is 5.69 Å². The zero-order valence-corrected chi connectivity index (χ0v) is 16.2. The van der Waals surface area contributed by atoms with Gasteiger partial charge in [0.25, 0.3) is 5.56 Å². The number of hydrogen-bond acceptors (Lipinski definition) is 5. The summed E-state index contributed by atoms with van der Waals surface area (Å²) >= 11 is 1.50. The van der Waals surface area contributed by atoms with Crippen molar-refractivity contribution in [2.45, 2.75) is 38.8 Å². The third-order valence-corrected chi connectivity index (χ3v) is 5.11. The maximum absolute atomic E-state index is 13.0. The van der Waals surface area contributed by atoms with Crippen molar-refractivity contribution >= 4 is 11.8 Å². The van der Waals surface area contributed by atoms with E-state index in [0.29, 0.717) is 10.7 Å². The molecule has 1 aromatic heterocycles. The van der Waals surface area contributed by atoms with Crippen molar-refractivity contribution in [3.8, 4) is 11.6 Å². The molecular weight excluding hydrogens is 334 g/mol. The van der Waals surface area contributed by atoms with Crippen molar-refractivity contribution in [2.75, 3.05) is 25.4 Å². The van der Waals surface area contributed by atoms with E-state index >= 15 is 0 Å². The molecule has 5 nitrogen and oxygen atoms in total. The van der Waals surface area contributed by atoms with Gasteiger partial charge in [0.15, 0.2) is 5.16 Å². The summed E-state index contributed by atoms with van der Waals surface area (Å²) in [5, 5.41) is 10.8. The first-order valence-corrected chi connectivity index (χ1v) is 9.74. The highest BCUT2D eigenvalue weighted by Gasteiger charge is 2.20. The van der Waals surface area contributed by atoms with Gasteiger partial charge in [-0.1, -0.05) is 57.7 Å². The number of para-hydroxylation sites is 1. The van der Waals surface area contributed by atoms with E-state index in [2.05, 4.69) is 23.7 Å². The van der Waals surface area contributed by atoms with Crippen LogP contribution in [0, 0.1) is 0 Å². The Bertz CT molecular complexity index is 740. The Balaban J connectivity index is 2.43. The lowest BCUT2D eigenvalue weighted by Crippen LogP contribution is -2.27. The van der Waals surface area contributed by atoms with Gasteiger partial charge in [0, 0.05) is 12.3 Å². The van der Waals surface area contributed by atoms with Gasteiger partial charge in [-0.3, -0.25) is 9.36 Å². The van der Waals surface area contributed by atoms with E-state index < -0.39 is 0 Å². The van der Waals surface area contributed by atoms with E-state index in [1.807, 2.05) is 44.2 Å². The van der Waals surface area contributed by atoms with E-state index in [4.69, 9.17) is 0 Å². The van der Waals surface area contributed by atoms with Crippen LogP contribution in [0.3, 0.4) is 0 Å². The van der Waals surface area contributed by atoms with Crippen LogP contribution in [0.15, 0.2) is 40.3 Å². The number of nitrogens with zero attached hydrogens (tertiary/aromatic N) is 3. The largest absolute Gasteiger partial charge is 0.493 e. The first-order chi connectivity index (χ1) is 12.0. The fraction of sp³-hybridized carbons (Fsp3) is 0.474. The summed E-state index contributed by atoms with van der Waals surface area (Å²) in [6.07, 6.45) is 0. The van der Waals surface area contributed by atoms with Gasteiger partial charge in [-0.2, -0.15) is 4.98 Å². The quantitative estimate of drug-likeness (QED) is 0.576. The van der Waals surface area contributed by atoms with Crippen molar-refractivity contribution in [3.05, 3.63) is 46.2 Å². The lowest BCUT2D eigenvalue weighted by Gasteiger charge is -2.19. The molecule has 0 aliphatic rings. The first-order valence-electron chi connectivity index (χ1n) is 8.76. The lowest BCUT2D eigenvalue weighted by atomic mass is 10.1. The molecule has 2 aromatic rings. The Morgan fingerprint density at radius 2 is 1.84 bits per heavy atom. The van der Waals surface area contributed by atoms with Gasteiger partial charge in [0.05, 0.1) is 11.3 Å². The smallest absolute Gasteiger partial charge is 0.266 e. The molecule has 0 radical (unpaired) electrons. The molecule has 1 heterocycles. The Hall–Kier alpha value is -1.79. The van der Waals surface area contributed by atoms with E-state index in [0.717, 1.165) is 31.1 Å². The molecule has 136 valence electrons. The Kier molecular flexibility index (Phi) is 7.08. The summed E-state index contributed by atoms with van der Waals surface area (Å²) in [5.41, 5.74) is 0.934. The monoisotopic (exact) mass is 361 g/mol. The minimum atomic E-state index is -0.195. The van der Waals surface area contributed by atoms with Gasteiger partial charge < -0.3 is 10.0 Å². The highest BCUT2D eigenvalue weighted by Crippen LogP contribution is 2.26. The summed E-state index contributed by atoms with van der Waals surface area (Å²) in [5.74, 6) is 0.559. The van der Waals surface area contributed by atoms with Gasteiger partial charge in [-0.05, 0) is 31.1 Å². The molecule has 2 rings (SSSR count). The van der Waals surface area contributed by atoms with Crippen molar-refractivity contribution in [2.24, 2.45) is 0 Å². The Morgan fingerprint density at radius 3 is 2.40 bits per heavy atom. The molecule has 0 amide bonds. The minimum Gasteiger partial charge on any atom is -0.493 e. The zero-order chi connectivity index (χ0) is 18.4. The predicted molar refractivity (Wildman–Crippen MR) is 104 cm³/mol. The van der Waals surface area contributed by atoms with Crippen LogP contribution >= 0.6 is 11.8 Å². The third-order valence-electron chi connectivity index (χ3n) is 4.19. The maximum atomic E-state index is 13.0. The number of benzene rings is 1. The second-order valence-electron chi connectivity index (χ2n) is 6.14. The fourth-order valence-corrected chi connectivity index (χ4v) is 3.72. The highest BCUT2D eigenvalue weighted by atomic mass is 32.2. The fourth-order valence-electron chi connectivity index (χ4n) is 2.72. The summed E-state index contributed by atoms with van der Waals surface area (Å²) in [4.78, 5) is 19.7. The molecule has 0 saturated heterocycles. The van der Waals surface area contributed by atoms with Crippen molar-refractivity contribution in [1.82, 2.24) is 14.5 Å². The highest BCUT2D eigenvalue weighted by molar-refractivity contribution is 7.99. The SMILES string of the molecule is CCN(CC)CCSc1nc(O)c(C(C)C)c(=O)n1-c1ccccc1. The van der Waals surface area contributed by atoms with Crippen molar-refractivity contribution < 1.29 is 5.11 Å². The zero-order valence-electron chi connectivity index (χ0n) is 15.4. The van der Waals surface area contributed by atoms with Crippen LogP contribution in [0.5, 0.6) is 5.88 Å². The molecule has 1 N–H and O–H groups in total. The van der Waals surface area contributed by atoms with E-state index in [1.165, 1.54) is 11.8 Å². The predicted octanol–water partition coefficient (Wildman–Crippen LogP) is 3.50. The number of aromatic nitrogens is 2. The lowest BCUT2D eigenvalue weighted by molar-refractivity contribution is 0.323. The van der Waals surface area contributed by atoms with Crippen molar-refractivity contribution in [3.63, 3.8) is 0 Å². The van der Waals surface area contributed by atoms with Gasteiger partial charge in [-0.15, -0.1) is 0 Å². The number of rotatable bonds is 8. The normalized spacial score (nSPS) is 11.4. The van der Waals surface area contributed by atoms with Crippen LogP contribution in [-0.4, -0.2) is 44.9 Å². The molecule has 0 spiro atoms. The van der Waals surface area contributed by atoms with Gasteiger partial charge in [0.1, 0.15) is 0 Å². The summed E-state index contributed by atoms with van der Waals surface area (Å²) in [7, 11) is 0. The average molecular weight is 362 g/mol. The molecule has 0 unspecified atom stereocenters. The molecule has 0 aliphatic carbocycles. The topological polar surface area (TPSA) is 58.4 Å². The second-order valence-corrected chi connectivity index (χ2v) is 7.20. The maximum Gasteiger partial charge on any atom is 0.266 e. The van der Waals surface area contributed by atoms with Gasteiger partial charge in [-0.25, -0.2) is 0 Å². The number of aromatic hydroxyl groups is 1. The third kappa shape index (κ3) is 4.64. The molecule has 6 heteroatoms. The van der Waals surface area contributed by atoms with Crippen LogP contribution in [0.4, 0.5) is 0 Å². The van der Waals surface area contributed by atoms with Gasteiger partial charge in [0.2, 0.25) is 5.88 Å². The van der Waals surface area contributed by atoms with Crippen LogP contribution in [0.2, 0.25) is 0 Å². The van der Waals surface area contributed by atoms with Crippen molar-refractivity contribution in [1.29, 1.82) is 0 Å². The van der Waals surface area contributed by atoms with E-state index in [9.17, 15) is 9.90 Å². The molecule has 1 aromatic carbocycles. The van der Waals surface area contributed by atoms with Crippen LogP contribution in [-0.2, 0) is 0 Å². The first kappa shape index (κ1) is 19.5. The molecule has 0 saturated carbocycles. The summed E-state index contributed by atoms with van der Waals surface area (Å²) in [6, 6.07) is 9.48. The number of hydrogen-bond donors (Lipinski definition) is 1. The second kappa shape index (κ2) is 9.06. The van der Waals surface area contributed by atoms with E-state index in [1.54, 1.807) is 4.57 Å². The molecule has 0 atom stereocenters. The van der Waals surface area contributed by atoms with E-state index in [-0.39, 0.29) is 17.4 Å². The Morgan fingerprint density at radius 1 is 1.20 bits per heavy atom. The summed E-state index contributed by atoms with van der Waals surface area (Å²) in [6.45, 7) is 10.9. The standard InChI is InChI=1S/C19H27N3O2S/c1-5-21(6-2)12-13-25-19-20-17(23)16(14(3)4)18(24)22(19)15-10-8-7-9-11-15/h7-11,14,23H,5-6,12-13H2,1-4H3. The molecular formula is C19H27N3O2S.